The van der Waals surface area contributed by atoms with E-state index in [1.165, 1.54) is 16.7 Å². The predicted octanol–water partition coefficient (Wildman–Crippen LogP) is 2.24. The Morgan fingerprint density at radius 3 is 2.83 bits per heavy atom. The lowest BCUT2D eigenvalue weighted by atomic mass is 10.3. The third kappa shape index (κ3) is 4.62. The van der Waals surface area contributed by atoms with E-state index < -0.39 is 11.9 Å². The highest BCUT2D eigenvalue weighted by Crippen LogP contribution is 2.22. The zero-order chi connectivity index (χ0) is 16.8. The fraction of sp³-hybridized carbons (Fsp3) is 0.400. The maximum Gasteiger partial charge on any atom is 0.323 e. The number of imidazole rings is 1. The summed E-state index contributed by atoms with van der Waals surface area (Å²) in [6.45, 7) is 1.94. The maximum absolute atomic E-state index is 12.3. The number of carboxylic acids is 1. The fourth-order valence-corrected chi connectivity index (χ4v) is 2.86. The first-order chi connectivity index (χ1) is 11.0. The van der Waals surface area contributed by atoms with Crippen molar-refractivity contribution in [1.82, 2.24) is 14.5 Å². The number of rotatable bonds is 8. The van der Waals surface area contributed by atoms with Crippen LogP contribution in [0, 0.1) is 0 Å². The molecule has 0 aliphatic rings. The number of carbonyl (C=O) groups is 2. The average Bonchev–Trinajstić information content (AvgIpc) is 3.12. The summed E-state index contributed by atoms with van der Waals surface area (Å²) in [5.74, 6) is -0.0835. The number of hydrogen-bond acceptors (Lipinski definition) is 5. The molecule has 1 N–H and O–H groups in total. The van der Waals surface area contributed by atoms with Gasteiger partial charge in [0.2, 0.25) is 0 Å². The van der Waals surface area contributed by atoms with Crippen LogP contribution in [0.3, 0.4) is 0 Å². The number of hydrogen-bond donors (Lipinski definition) is 1. The van der Waals surface area contributed by atoms with Gasteiger partial charge < -0.3 is 19.0 Å². The van der Waals surface area contributed by atoms with Crippen LogP contribution in [0.5, 0.6) is 0 Å². The molecule has 0 radical (unpaired) electrons. The van der Waals surface area contributed by atoms with Crippen molar-refractivity contribution in [2.75, 3.05) is 13.1 Å². The molecular weight excluding hydrogens is 318 g/mol. The molecule has 0 saturated heterocycles. The molecule has 0 spiro atoms. The van der Waals surface area contributed by atoms with Crippen molar-refractivity contribution in [2.24, 2.45) is 7.05 Å². The summed E-state index contributed by atoms with van der Waals surface area (Å²) in [4.78, 5) is 28.6. The average molecular weight is 337 g/mol. The summed E-state index contributed by atoms with van der Waals surface area (Å²) < 4.78 is 7.45. The van der Waals surface area contributed by atoms with Crippen LogP contribution in [0.15, 0.2) is 34.1 Å². The quantitative estimate of drug-likeness (QED) is 0.743. The molecule has 2 rings (SSSR count). The van der Waals surface area contributed by atoms with Crippen molar-refractivity contribution >= 4 is 23.6 Å². The molecule has 0 aliphatic carbocycles. The second kappa shape index (κ2) is 7.87. The number of carboxylic acid groups (broad SMARTS) is 1. The van der Waals surface area contributed by atoms with Gasteiger partial charge in [0.1, 0.15) is 12.3 Å². The van der Waals surface area contributed by atoms with E-state index >= 15 is 0 Å². The normalized spacial score (nSPS) is 10.7. The maximum atomic E-state index is 12.3. The lowest BCUT2D eigenvalue weighted by molar-refractivity contribution is -0.137. The van der Waals surface area contributed by atoms with Crippen molar-refractivity contribution in [3.8, 4) is 0 Å². The lowest BCUT2D eigenvalue weighted by Gasteiger charge is -2.18. The Labute approximate surface area is 138 Å². The minimum atomic E-state index is -1.04. The largest absolute Gasteiger partial charge is 0.480 e. The molecule has 23 heavy (non-hydrogen) atoms. The van der Waals surface area contributed by atoms with Crippen molar-refractivity contribution < 1.29 is 19.1 Å². The zero-order valence-electron chi connectivity index (χ0n) is 13.1. The topological polar surface area (TPSA) is 88.6 Å². The van der Waals surface area contributed by atoms with Crippen molar-refractivity contribution in [3.63, 3.8) is 0 Å². The van der Waals surface area contributed by atoms with E-state index in [1.54, 1.807) is 18.3 Å². The molecule has 2 aromatic heterocycles. The molecule has 0 aliphatic heterocycles. The SMILES string of the molecule is CCCN(CC(=O)O)C(=O)c1ccc(CSc2nccn2C)o1. The van der Waals surface area contributed by atoms with Crippen molar-refractivity contribution in [2.45, 2.75) is 24.3 Å². The summed E-state index contributed by atoms with van der Waals surface area (Å²) in [5.41, 5.74) is 0. The van der Waals surface area contributed by atoms with Crippen LogP contribution < -0.4 is 0 Å². The molecule has 0 unspecified atom stereocenters. The van der Waals surface area contributed by atoms with Gasteiger partial charge in [-0.1, -0.05) is 18.7 Å². The van der Waals surface area contributed by atoms with Crippen LogP contribution in [0.1, 0.15) is 29.7 Å². The van der Waals surface area contributed by atoms with Crippen molar-refractivity contribution in [1.29, 1.82) is 0 Å². The smallest absolute Gasteiger partial charge is 0.323 e. The minimum absolute atomic E-state index is 0.162. The van der Waals surface area contributed by atoms with Gasteiger partial charge >= 0.3 is 5.97 Å². The summed E-state index contributed by atoms with van der Waals surface area (Å²) in [6.07, 6.45) is 4.25. The number of aryl methyl sites for hydroxylation is 1. The first-order valence-electron chi connectivity index (χ1n) is 7.21. The summed E-state index contributed by atoms with van der Waals surface area (Å²) in [7, 11) is 1.90. The molecule has 0 atom stereocenters. The second-order valence-corrected chi connectivity index (χ2v) is 5.94. The van der Waals surface area contributed by atoms with Crippen molar-refractivity contribution in [3.05, 3.63) is 36.0 Å². The van der Waals surface area contributed by atoms with Crippen LogP contribution >= 0.6 is 11.8 Å². The Morgan fingerprint density at radius 2 is 2.22 bits per heavy atom. The number of nitrogens with zero attached hydrogens (tertiary/aromatic N) is 3. The zero-order valence-corrected chi connectivity index (χ0v) is 13.9. The monoisotopic (exact) mass is 337 g/mol. The molecule has 1 amide bonds. The van der Waals surface area contributed by atoms with E-state index in [0.717, 1.165) is 5.16 Å². The number of carbonyl (C=O) groups excluding carboxylic acids is 1. The summed E-state index contributed by atoms with van der Waals surface area (Å²) in [6, 6.07) is 3.31. The third-order valence-corrected chi connectivity index (χ3v) is 4.18. The van der Waals surface area contributed by atoms with E-state index in [-0.39, 0.29) is 12.3 Å². The Balaban J connectivity index is 2.00. The molecular formula is C15H19N3O4S. The van der Waals surface area contributed by atoms with Gasteiger partial charge in [0.25, 0.3) is 5.91 Å². The van der Waals surface area contributed by atoms with E-state index in [2.05, 4.69) is 4.98 Å². The number of furan rings is 1. The molecule has 2 aromatic rings. The Kier molecular flexibility index (Phi) is 5.86. The van der Waals surface area contributed by atoms with Crippen LogP contribution in [0.4, 0.5) is 0 Å². The second-order valence-electron chi connectivity index (χ2n) is 5.00. The van der Waals surface area contributed by atoms with Gasteiger partial charge in [-0.15, -0.1) is 0 Å². The Bertz CT molecular complexity index is 680. The Morgan fingerprint density at radius 1 is 1.43 bits per heavy atom. The predicted molar refractivity (Wildman–Crippen MR) is 85.3 cm³/mol. The number of amides is 1. The van der Waals surface area contributed by atoms with Gasteiger partial charge in [0, 0.05) is 26.0 Å². The summed E-state index contributed by atoms with van der Waals surface area (Å²) in [5, 5.41) is 9.74. The first-order valence-corrected chi connectivity index (χ1v) is 8.19. The van der Waals surface area contributed by atoms with E-state index in [4.69, 9.17) is 9.52 Å². The van der Waals surface area contributed by atoms with Crippen LogP contribution in [0.2, 0.25) is 0 Å². The van der Waals surface area contributed by atoms with Gasteiger partial charge in [0.15, 0.2) is 10.9 Å². The first kappa shape index (κ1) is 17.1. The molecule has 7 nitrogen and oxygen atoms in total. The van der Waals surface area contributed by atoms with E-state index in [0.29, 0.717) is 24.5 Å². The van der Waals surface area contributed by atoms with Gasteiger partial charge in [-0.3, -0.25) is 9.59 Å². The third-order valence-electron chi connectivity index (χ3n) is 3.10. The van der Waals surface area contributed by atoms with E-state index in [9.17, 15) is 9.59 Å². The number of thioether (sulfide) groups is 1. The molecule has 0 saturated carbocycles. The summed E-state index contributed by atoms with van der Waals surface area (Å²) >= 11 is 1.50. The molecule has 0 bridgehead atoms. The highest BCUT2D eigenvalue weighted by atomic mass is 32.2. The Hall–Kier alpha value is -2.22. The molecule has 2 heterocycles. The molecule has 8 heteroatoms. The highest BCUT2D eigenvalue weighted by molar-refractivity contribution is 7.98. The number of aliphatic carboxylic acids is 1. The van der Waals surface area contributed by atoms with Gasteiger partial charge in [-0.25, -0.2) is 4.98 Å². The lowest BCUT2D eigenvalue weighted by Crippen LogP contribution is -2.36. The van der Waals surface area contributed by atoms with Gasteiger partial charge in [-0.2, -0.15) is 0 Å². The standard InChI is InChI=1S/C15H19N3O4S/c1-3-7-18(9-13(19)20)14(21)12-5-4-11(22-12)10-23-15-16-6-8-17(15)2/h4-6,8H,3,7,9-10H2,1-2H3,(H,19,20). The molecule has 0 fully saturated rings. The van der Waals surface area contributed by atoms with Gasteiger partial charge in [-0.05, 0) is 18.6 Å². The van der Waals surface area contributed by atoms with Gasteiger partial charge in [0.05, 0.1) is 5.75 Å². The minimum Gasteiger partial charge on any atom is -0.480 e. The molecule has 0 aromatic carbocycles. The van der Waals surface area contributed by atoms with Crippen LogP contribution in [0.25, 0.3) is 0 Å². The van der Waals surface area contributed by atoms with Crippen LogP contribution in [-0.4, -0.2) is 44.5 Å². The molecule has 124 valence electrons. The fourth-order valence-electron chi connectivity index (χ4n) is 2.04. The van der Waals surface area contributed by atoms with Crippen LogP contribution in [-0.2, 0) is 17.6 Å². The number of aromatic nitrogens is 2. The highest BCUT2D eigenvalue weighted by Gasteiger charge is 2.21. The van der Waals surface area contributed by atoms with E-state index in [1.807, 2.05) is 24.7 Å².